The molecule has 4 unspecified atom stereocenters. The smallest absolute Gasteiger partial charge is 0.326 e. The Hall–Kier alpha value is -3.66. The monoisotopic (exact) mass is 514 g/mol. The maximum absolute atomic E-state index is 12.8. The fourth-order valence-corrected chi connectivity index (χ4v) is 3.08. The van der Waals surface area contributed by atoms with Gasteiger partial charge in [0, 0.05) is 36.9 Å². The van der Waals surface area contributed by atoms with Gasteiger partial charge in [-0.1, -0.05) is 0 Å². The molecule has 1 aromatic heterocycles. The zero-order valence-electron chi connectivity index (χ0n) is 18.7. The molecule has 1 rings (SSSR count). The van der Waals surface area contributed by atoms with Crippen LogP contribution in [0.1, 0.15) is 31.4 Å². The highest BCUT2D eigenvalue weighted by Gasteiger charge is 2.30. The molecule has 0 saturated carbocycles. The van der Waals surface area contributed by atoms with Gasteiger partial charge in [-0.15, -0.1) is 0 Å². The summed E-state index contributed by atoms with van der Waals surface area (Å²) in [6.07, 6.45) is 1.98. The number of hydrogen-bond donors (Lipinski definition) is 9. The van der Waals surface area contributed by atoms with Crippen LogP contribution in [0.3, 0.4) is 0 Å². The van der Waals surface area contributed by atoms with Crippen LogP contribution in [0.15, 0.2) is 12.5 Å². The Morgan fingerprint density at radius 1 is 0.914 bits per heavy atom. The molecule has 0 aliphatic carbocycles. The van der Waals surface area contributed by atoms with Gasteiger partial charge in [0.1, 0.15) is 18.1 Å². The van der Waals surface area contributed by atoms with Crippen molar-refractivity contribution in [3.05, 3.63) is 18.2 Å². The molecule has 0 fully saturated rings. The average Bonchev–Trinajstić information content (AvgIpc) is 3.30. The third-order valence-electron chi connectivity index (χ3n) is 4.76. The normalized spacial score (nSPS) is 14.1. The Kier molecular flexibility index (Phi) is 12.2. The molecule has 0 aliphatic heterocycles. The molecule has 4 atom stereocenters. The first-order chi connectivity index (χ1) is 16.4. The van der Waals surface area contributed by atoms with Crippen molar-refractivity contribution >= 4 is 48.1 Å². The van der Waals surface area contributed by atoms with Crippen molar-refractivity contribution in [2.24, 2.45) is 17.2 Å². The molecule has 194 valence electrons. The highest BCUT2D eigenvalue weighted by molar-refractivity contribution is 7.80. The maximum atomic E-state index is 12.8. The summed E-state index contributed by atoms with van der Waals surface area (Å²) in [4.78, 5) is 77.9. The topological polar surface area (TPSA) is 265 Å². The Bertz CT molecular complexity index is 911. The number of rotatable bonds is 16. The Morgan fingerprint density at radius 2 is 1.46 bits per heavy atom. The molecule has 15 nitrogen and oxygen atoms in total. The largest absolute Gasteiger partial charge is 0.480 e. The van der Waals surface area contributed by atoms with Crippen LogP contribution in [0.4, 0.5) is 0 Å². The van der Waals surface area contributed by atoms with Crippen LogP contribution in [0.5, 0.6) is 0 Å². The summed E-state index contributed by atoms with van der Waals surface area (Å²) >= 11 is 4.03. The molecule has 0 aliphatic rings. The third-order valence-corrected chi connectivity index (χ3v) is 5.13. The highest BCUT2D eigenvalue weighted by atomic mass is 32.1. The molecule has 11 N–H and O–H groups in total. The van der Waals surface area contributed by atoms with Crippen LogP contribution in [-0.4, -0.2) is 80.5 Å². The molecule has 0 radical (unpaired) electrons. The van der Waals surface area contributed by atoms with Gasteiger partial charge in [-0.25, -0.2) is 9.78 Å². The summed E-state index contributed by atoms with van der Waals surface area (Å²) in [5, 5.41) is 16.4. The number of carboxylic acids is 1. The van der Waals surface area contributed by atoms with Gasteiger partial charge in [-0.2, -0.15) is 12.6 Å². The minimum absolute atomic E-state index is 0.0695. The standard InChI is InChI=1S/C19H30N8O7S/c20-10(1-3-14(21)28)16(30)25-11(2-4-15(22)29)17(31)27-13(7-35)18(32)26-12(19(33)34)5-9-6-23-8-24-9/h6,8,10-13,35H,1-5,7,20H2,(H2,21,28)(H2,22,29)(H,23,24)(H,25,30)(H,26,32)(H,27,31)(H,33,34). The van der Waals surface area contributed by atoms with Gasteiger partial charge in [-0.05, 0) is 12.8 Å². The molecule has 35 heavy (non-hydrogen) atoms. The lowest BCUT2D eigenvalue weighted by Crippen LogP contribution is -2.58. The van der Waals surface area contributed by atoms with Crippen LogP contribution in [-0.2, 0) is 35.2 Å². The lowest BCUT2D eigenvalue weighted by molar-refractivity contribution is -0.142. The van der Waals surface area contributed by atoms with Crippen molar-refractivity contribution in [1.82, 2.24) is 25.9 Å². The van der Waals surface area contributed by atoms with E-state index in [0.717, 1.165) is 0 Å². The van der Waals surface area contributed by atoms with Gasteiger partial charge < -0.3 is 43.2 Å². The molecule has 0 spiro atoms. The first-order valence-corrected chi connectivity index (χ1v) is 11.1. The van der Waals surface area contributed by atoms with E-state index in [-0.39, 0.29) is 37.9 Å². The van der Waals surface area contributed by atoms with Crippen molar-refractivity contribution in [3.8, 4) is 0 Å². The second-order valence-electron chi connectivity index (χ2n) is 7.60. The zero-order valence-corrected chi connectivity index (χ0v) is 19.6. The number of nitrogens with one attached hydrogen (secondary N) is 4. The minimum Gasteiger partial charge on any atom is -0.480 e. The summed E-state index contributed by atoms with van der Waals surface area (Å²) in [6, 6.07) is -5.05. The highest BCUT2D eigenvalue weighted by Crippen LogP contribution is 2.04. The van der Waals surface area contributed by atoms with Crippen molar-refractivity contribution < 1.29 is 33.9 Å². The van der Waals surface area contributed by atoms with Gasteiger partial charge in [0.2, 0.25) is 29.5 Å². The maximum Gasteiger partial charge on any atom is 0.326 e. The van der Waals surface area contributed by atoms with E-state index in [4.69, 9.17) is 17.2 Å². The Balaban J connectivity index is 2.85. The predicted octanol–water partition coefficient (Wildman–Crippen LogP) is -3.72. The summed E-state index contributed by atoms with van der Waals surface area (Å²) in [7, 11) is 0. The Morgan fingerprint density at radius 3 is 1.97 bits per heavy atom. The molecule has 0 bridgehead atoms. The van der Waals surface area contributed by atoms with Gasteiger partial charge in [0.25, 0.3) is 0 Å². The molecular formula is C19H30N8O7S. The number of hydrogen-bond acceptors (Lipinski definition) is 9. The number of thiol groups is 1. The summed E-state index contributed by atoms with van der Waals surface area (Å²) in [5.41, 5.74) is 16.3. The number of imidazole rings is 1. The number of nitrogens with zero attached hydrogens (tertiary/aromatic N) is 1. The van der Waals surface area contributed by atoms with Crippen molar-refractivity contribution in [2.45, 2.75) is 56.3 Å². The number of carbonyl (C=O) groups is 6. The van der Waals surface area contributed by atoms with E-state index in [0.29, 0.717) is 5.69 Å². The molecule has 0 saturated heterocycles. The summed E-state index contributed by atoms with van der Waals surface area (Å²) in [5.74, 6) is -5.38. The van der Waals surface area contributed by atoms with E-state index in [9.17, 15) is 33.9 Å². The van der Waals surface area contributed by atoms with Gasteiger partial charge in [-0.3, -0.25) is 24.0 Å². The van der Waals surface area contributed by atoms with E-state index >= 15 is 0 Å². The van der Waals surface area contributed by atoms with Crippen molar-refractivity contribution in [2.75, 3.05) is 5.75 Å². The number of amides is 5. The predicted molar refractivity (Wildman–Crippen MR) is 124 cm³/mol. The average molecular weight is 515 g/mol. The number of aromatic amines is 1. The van der Waals surface area contributed by atoms with E-state index in [1.54, 1.807) is 0 Å². The lowest BCUT2D eigenvalue weighted by atomic mass is 10.1. The molecule has 16 heteroatoms. The van der Waals surface area contributed by atoms with Gasteiger partial charge >= 0.3 is 5.97 Å². The van der Waals surface area contributed by atoms with Crippen LogP contribution in [0.2, 0.25) is 0 Å². The van der Waals surface area contributed by atoms with Crippen molar-refractivity contribution in [1.29, 1.82) is 0 Å². The van der Waals surface area contributed by atoms with E-state index in [1.807, 2.05) is 0 Å². The molecule has 0 aromatic carbocycles. The number of aromatic nitrogens is 2. The Labute approximate surface area is 205 Å². The summed E-state index contributed by atoms with van der Waals surface area (Å²) < 4.78 is 0. The van der Waals surface area contributed by atoms with E-state index in [2.05, 4.69) is 38.5 Å². The van der Waals surface area contributed by atoms with Gasteiger partial charge in [0.15, 0.2) is 0 Å². The number of H-pyrrole nitrogens is 1. The van der Waals surface area contributed by atoms with Crippen LogP contribution >= 0.6 is 12.6 Å². The fraction of sp³-hybridized carbons (Fsp3) is 0.526. The SMILES string of the molecule is NC(=O)CCC(N)C(=O)NC(CCC(N)=O)C(=O)NC(CS)C(=O)NC(Cc1cnc[nH]1)C(=O)O. The fourth-order valence-electron chi connectivity index (χ4n) is 2.82. The number of primary amides is 2. The number of nitrogens with two attached hydrogens (primary N) is 3. The first kappa shape index (κ1) is 29.4. The second kappa shape index (κ2) is 14.6. The third kappa shape index (κ3) is 10.9. The minimum atomic E-state index is -1.32. The summed E-state index contributed by atoms with van der Waals surface area (Å²) in [6.45, 7) is 0. The molecule has 5 amide bonds. The zero-order chi connectivity index (χ0) is 26.5. The van der Waals surface area contributed by atoms with Crippen molar-refractivity contribution in [3.63, 3.8) is 0 Å². The number of carbonyl (C=O) groups excluding carboxylic acids is 5. The van der Waals surface area contributed by atoms with E-state index < -0.39 is 59.7 Å². The van der Waals surface area contributed by atoms with Crippen LogP contribution in [0.25, 0.3) is 0 Å². The van der Waals surface area contributed by atoms with Gasteiger partial charge in [0.05, 0.1) is 12.4 Å². The first-order valence-electron chi connectivity index (χ1n) is 10.5. The quantitative estimate of drug-likeness (QED) is 0.0980. The number of aliphatic carboxylic acids is 1. The number of carboxylic acid groups (broad SMARTS) is 1. The van der Waals surface area contributed by atoms with E-state index in [1.165, 1.54) is 12.5 Å². The van der Waals surface area contributed by atoms with Crippen LogP contribution in [0, 0.1) is 0 Å². The van der Waals surface area contributed by atoms with Crippen LogP contribution < -0.4 is 33.2 Å². The molecular weight excluding hydrogens is 484 g/mol. The lowest BCUT2D eigenvalue weighted by Gasteiger charge is -2.24. The molecule has 1 heterocycles. The second-order valence-corrected chi connectivity index (χ2v) is 7.97. The molecule has 1 aromatic rings.